The molecule has 1 aromatic heterocycles. The van der Waals surface area contributed by atoms with Crippen molar-refractivity contribution in [2.24, 2.45) is 0 Å². The van der Waals surface area contributed by atoms with Crippen molar-refractivity contribution in [1.82, 2.24) is 25.0 Å². The van der Waals surface area contributed by atoms with Crippen LogP contribution in [0.5, 0.6) is 0 Å². The van der Waals surface area contributed by atoms with E-state index in [-0.39, 0.29) is 0 Å². The van der Waals surface area contributed by atoms with Gasteiger partial charge in [0.1, 0.15) is 12.2 Å². The van der Waals surface area contributed by atoms with Crippen molar-refractivity contribution in [2.45, 2.75) is 26.4 Å². The maximum Gasteiger partial charge on any atom is 0.147 e. The second kappa shape index (κ2) is 7.45. The average molecular weight is 253 g/mol. The number of ether oxygens (including phenoxy) is 1. The molecule has 0 saturated carbocycles. The molecule has 2 rings (SSSR count). The van der Waals surface area contributed by atoms with Gasteiger partial charge in [0.15, 0.2) is 0 Å². The minimum atomic E-state index is 0.814. The fourth-order valence-corrected chi connectivity index (χ4v) is 2.11. The Morgan fingerprint density at radius 3 is 3.22 bits per heavy atom. The summed E-state index contributed by atoms with van der Waals surface area (Å²) in [6.07, 6.45) is 2.90. The molecule has 1 aliphatic heterocycles. The minimum Gasteiger partial charge on any atom is -0.382 e. The van der Waals surface area contributed by atoms with Crippen LogP contribution >= 0.6 is 0 Å². The molecule has 0 fully saturated rings. The van der Waals surface area contributed by atoms with Crippen LogP contribution in [0.3, 0.4) is 0 Å². The molecule has 6 heteroatoms. The molecule has 6 nitrogen and oxygen atoms in total. The van der Waals surface area contributed by atoms with Crippen molar-refractivity contribution in [3.63, 3.8) is 0 Å². The first-order chi connectivity index (χ1) is 8.90. The number of hydrogen-bond acceptors (Lipinski definition) is 5. The zero-order chi connectivity index (χ0) is 12.6. The third kappa shape index (κ3) is 4.04. The van der Waals surface area contributed by atoms with E-state index in [1.807, 2.05) is 13.3 Å². The highest BCUT2D eigenvalue weighted by molar-refractivity contribution is 4.89. The first-order valence-corrected chi connectivity index (χ1v) is 6.77. The largest absolute Gasteiger partial charge is 0.382 e. The van der Waals surface area contributed by atoms with E-state index >= 15 is 0 Å². The van der Waals surface area contributed by atoms with E-state index in [2.05, 4.69) is 25.0 Å². The number of aromatic nitrogens is 3. The number of nitrogens with one attached hydrogen (secondary N) is 1. The van der Waals surface area contributed by atoms with Crippen LogP contribution in [0.4, 0.5) is 0 Å². The molecule has 0 atom stereocenters. The zero-order valence-electron chi connectivity index (χ0n) is 11.1. The van der Waals surface area contributed by atoms with Crippen molar-refractivity contribution >= 4 is 0 Å². The number of nitrogens with zero attached hydrogens (tertiary/aromatic N) is 4. The molecule has 0 amide bonds. The van der Waals surface area contributed by atoms with Crippen molar-refractivity contribution in [2.75, 3.05) is 39.4 Å². The van der Waals surface area contributed by atoms with E-state index < -0.39 is 0 Å². The molecule has 0 radical (unpaired) electrons. The summed E-state index contributed by atoms with van der Waals surface area (Å²) in [6.45, 7) is 9.85. The Morgan fingerprint density at radius 2 is 2.33 bits per heavy atom. The Bertz CT molecular complexity index is 341. The molecular weight excluding hydrogens is 230 g/mol. The highest BCUT2D eigenvalue weighted by Crippen LogP contribution is 2.07. The summed E-state index contributed by atoms with van der Waals surface area (Å²) in [5, 5.41) is 11.5. The molecule has 18 heavy (non-hydrogen) atoms. The van der Waals surface area contributed by atoms with E-state index in [1.165, 1.54) is 0 Å². The second-order valence-corrected chi connectivity index (χ2v) is 4.52. The maximum absolute atomic E-state index is 5.29. The lowest BCUT2D eigenvalue weighted by Gasteiger charge is -2.26. The van der Waals surface area contributed by atoms with E-state index in [0.29, 0.717) is 0 Å². The Labute approximate surface area is 108 Å². The molecule has 0 saturated heterocycles. The van der Waals surface area contributed by atoms with Crippen LogP contribution in [-0.2, 0) is 17.8 Å². The van der Waals surface area contributed by atoms with Gasteiger partial charge < -0.3 is 14.6 Å². The Kier molecular flexibility index (Phi) is 5.57. The number of fused-ring (bicyclic) bond motifs is 1. The van der Waals surface area contributed by atoms with Gasteiger partial charge in [0.2, 0.25) is 0 Å². The van der Waals surface area contributed by atoms with Crippen LogP contribution in [0.25, 0.3) is 0 Å². The molecule has 1 aromatic rings. The lowest BCUT2D eigenvalue weighted by atomic mass is 10.3. The second-order valence-electron chi connectivity index (χ2n) is 4.52. The van der Waals surface area contributed by atoms with Gasteiger partial charge in [0.05, 0.1) is 6.54 Å². The van der Waals surface area contributed by atoms with Crippen LogP contribution in [0.2, 0.25) is 0 Å². The van der Waals surface area contributed by atoms with Gasteiger partial charge in [-0.25, -0.2) is 0 Å². The molecular formula is C12H23N5O. The summed E-state index contributed by atoms with van der Waals surface area (Å²) >= 11 is 0. The fourth-order valence-electron chi connectivity index (χ4n) is 2.11. The highest BCUT2D eigenvalue weighted by atomic mass is 16.5. The van der Waals surface area contributed by atoms with E-state index in [0.717, 1.165) is 64.7 Å². The third-order valence-corrected chi connectivity index (χ3v) is 3.17. The lowest BCUT2D eigenvalue weighted by Crippen LogP contribution is -2.38. The predicted molar refractivity (Wildman–Crippen MR) is 69.3 cm³/mol. The van der Waals surface area contributed by atoms with Gasteiger partial charge >= 0.3 is 0 Å². The van der Waals surface area contributed by atoms with Crippen molar-refractivity contribution in [3.8, 4) is 0 Å². The van der Waals surface area contributed by atoms with E-state index in [9.17, 15) is 0 Å². The average Bonchev–Trinajstić information content (AvgIpc) is 2.85. The predicted octanol–water partition coefficient (Wildman–Crippen LogP) is 0.110. The smallest absolute Gasteiger partial charge is 0.147 e. The van der Waals surface area contributed by atoms with E-state index in [1.54, 1.807) is 0 Å². The summed E-state index contributed by atoms with van der Waals surface area (Å²) in [5.41, 5.74) is 0. The third-order valence-electron chi connectivity index (χ3n) is 3.17. The molecule has 0 aliphatic carbocycles. The fraction of sp³-hybridized carbons (Fsp3) is 0.833. The van der Waals surface area contributed by atoms with Crippen LogP contribution in [0.1, 0.15) is 19.2 Å². The van der Waals surface area contributed by atoms with Gasteiger partial charge in [0.25, 0.3) is 0 Å². The molecule has 1 N–H and O–H groups in total. The molecule has 0 bridgehead atoms. The minimum absolute atomic E-state index is 0.814. The molecule has 1 aliphatic rings. The summed E-state index contributed by atoms with van der Waals surface area (Å²) in [6, 6.07) is 0. The van der Waals surface area contributed by atoms with Crippen LogP contribution in [-0.4, -0.2) is 59.1 Å². The number of hydrogen-bond donors (Lipinski definition) is 1. The normalized spacial score (nSPS) is 15.8. The van der Waals surface area contributed by atoms with Gasteiger partial charge in [-0.05, 0) is 19.9 Å². The van der Waals surface area contributed by atoms with Gasteiger partial charge in [-0.1, -0.05) is 0 Å². The molecule has 0 spiro atoms. The molecule has 0 aromatic carbocycles. The Morgan fingerprint density at radius 1 is 1.39 bits per heavy atom. The summed E-state index contributed by atoms with van der Waals surface area (Å²) in [5.74, 6) is 1.08. The van der Waals surface area contributed by atoms with Crippen LogP contribution in [0, 0.1) is 0 Å². The Hall–Kier alpha value is -0.980. The van der Waals surface area contributed by atoms with Gasteiger partial charge in [-0.2, -0.15) is 0 Å². The van der Waals surface area contributed by atoms with Crippen molar-refractivity contribution in [1.29, 1.82) is 0 Å². The summed E-state index contributed by atoms with van der Waals surface area (Å²) < 4.78 is 7.42. The molecule has 0 unspecified atom stereocenters. The standard InChI is InChI=1S/C12H23N5O/c1-2-18-9-3-4-13-5-6-16-7-8-17-11-14-15-12(17)10-16/h11,13H,2-10H2,1H3. The zero-order valence-corrected chi connectivity index (χ0v) is 11.1. The highest BCUT2D eigenvalue weighted by Gasteiger charge is 2.16. The quantitative estimate of drug-likeness (QED) is 0.666. The summed E-state index contributed by atoms with van der Waals surface area (Å²) in [7, 11) is 0. The first-order valence-electron chi connectivity index (χ1n) is 6.77. The van der Waals surface area contributed by atoms with E-state index in [4.69, 9.17) is 4.74 Å². The van der Waals surface area contributed by atoms with Crippen LogP contribution < -0.4 is 5.32 Å². The first kappa shape index (κ1) is 13.5. The van der Waals surface area contributed by atoms with Gasteiger partial charge in [-0.15, -0.1) is 10.2 Å². The maximum atomic E-state index is 5.29. The van der Waals surface area contributed by atoms with Crippen molar-refractivity contribution < 1.29 is 4.74 Å². The monoisotopic (exact) mass is 253 g/mol. The number of rotatable bonds is 8. The SMILES string of the molecule is CCOCCCNCCN1CCn2cnnc2C1. The Balaban J connectivity index is 1.53. The van der Waals surface area contributed by atoms with Crippen LogP contribution in [0.15, 0.2) is 6.33 Å². The summed E-state index contributed by atoms with van der Waals surface area (Å²) in [4.78, 5) is 2.42. The van der Waals surface area contributed by atoms with Gasteiger partial charge in [0, 0.05) is 39.4 Å². The lowest BCUT2D eigenvalue weighted by molar-refractivity contribution is 0.144. The topological polar surface area (TPSA) is 55.2 Å². The molecule has 102 valence electrons. The van der Waals surface area contributed by atoms with Gasteiger partial charge in [-0.3, -0.25) is 4.90 Å². The molecule has 2 heterocycles. The van der Waals surface area contributed by atoms with Crippen molar-refractivity contribution in [3.05, 3.63) is 12.2 Å².